The lowest BCUT2D eigenvalue weighted by atomic mass is 10.2. The number of halogens is 1. The first kappa shape index (κ1) is 13.8. The first-order valence-electron chi connectivity index (χ1n) is 6.81. The summed E-state index contributed by atoms with van der Waals surface area (Å²) in [6.07, 6.45) is 0. The Kier molecular flexibility index (Phi) is 3.39. The summed E-state index contributed by atoms with van der Waals surface area (Å²) < 4.78 is 10.7. The van der Waals surface area contributed by atoms with Crippen LogP contribution in [0.4, 0.5) is 5.69 Å². The topological polar surface area (TPSA) is 38.8 Å². The van der Waals surface area contributed by atoms with Crippen LogP contribution in [0, 0.1) is 0 Å². The number of anilines is 1. The van der Waals surface area contributed by atoms with Crippen LogP contribution in [0.15, 0.2) is 42.5 Å². The van der Waals surface area contributed by atoms with Crippen LogP contribution < -0.4 is 14.4 Å². The standard InChI is InChI=1S/C16H12ClNO3S/c17-11-3-1-2-10(6-11)16-18(15(19)8-22-16)12-4-5-13-14(7-12)21-9-20-13/h1-7,16H,8-9H2. The van der Waals surface area contributed by atoms with E-state index in [0.717, 1.165) is 11.3 Å². The van der Waals surface area contributed by atoms with E-state index in [1.165, 1.54) is 0 Å². The number of carbonyl (C=O) groups is 1. The second kappa shape index (κ2) is 5.41. The zero-order chi connectivity index (χ0) is 15.1. The van der Waals surface area contributed by atoms with Crippen LogP contribution in [0.3, 0.4) is 0 Å². The van der Waals surface area contributed by atoms with Crippen LogP contribution in [0.5, 0.6) is 11.5 Å². The Hall–Kier alpha value is -1.85. The van der Waals surface area contributed by atoms with Gasteiger partial charge in [0, 0.05) is 16.8 Å². The fourth-order valence-electron chi connectivity index (χ4n) is 2.65. The molecule has 1 unspecified atom stereocenters. The number of rotatable bonds is 2. The summed E-state index contributed by atoms with van der Waals surface area (Å²) in [5.74, 6) is 1.91. The van der Waals surface area contributed by atoms with E-state index in [4.69, 9.17) is 21.1 Å². The molecule has 4 rings (SSSR count). The molecule has 22 heavy (non-hydrogen) atoms. The van der Waals surface area contributed by atoms with Gasteiger partial charge < -0.3 is 9.47 Å². The van der Waals surface area contributed by atoms with Crippen molar-refractivity contribution in [1.82, 2.24) is 0 Å². The lowest BCUT2D eigenvalue weighted by molar-refractivity contribution is -0.115. The highest BCUT2D eigenvalue weighted by Crippen LogP contribution is 2.44. The number of benzene rings is 2. The highest BCUT2D eigenvalue weighted by molar-refractivity contribution is 8.00. The molecule has 0 radical (unpaired) electrons. The smallest absolute Gasteiger partial charge is 0.238 e. The first-order chi connectivity index (χ1) is 10.7. The summed E-state index contributed by atoms with van der Waals surface area (Å²) >= 11 is 7.68. The summed E-state index contributed by atoms with van der Waals surface area (Å²) in [6.45, 7) is 0.221. The molecule has 0 spiro atoms. The SMILES string of the molecule is O=C1CSC(c2cccc(Cl)c2)N1c1ccc2c(c1)OCO2. The van der Waals surface area contributed by atoms with Gasteiger partial charge >= 0.3 is 0 Å². The lowest BCUT2D eigenvalue weighted by Gasteiger charge is -2.24. The van der Waals surface area contributed by atoms with Crippen LogP contribution in [0.2, 0.25) is 5.02 Å². The van der Waals surface area contributed by atoms with E-state index in [0.29, 0.717) is 22.3 Å². The summed E-state index contributed by atoms with van der Waals surface area (Å²) in [5.41, 5.74) is 1.82. The molecule has 1 saturated heterocycles. The van der Waals surface area contributed by atoms with Gasteiger partial charge in [-0.2, -0.15) is 0 Å². The summed E-state index contributed by atoms with van der Waals surface area (Å²) in [4.78, 5) is 14.1. The van der Waals surface area contributed by atoms with Gasteiger partial charge in [-0.05, 0) is 29.8 Å². The van der Waals surface area contributed by atoms with E-state index < -0.39 is 0 Å². The third kappa shape index (κ3) is 2.30. The largest absolute Gasteiger partial charge is 0.454 e. The summed E-state index contributed by atoms with van der Waals surface area (Å²) in [6, 6.07) is 13.2. The number of carbonyl (C=O) groups excluding carboxylic acids is 1. The van der Waals surface area contributed by atoms with Gasteiger partial charge in [-0.3, -0.25) is 9.69 Å². The molecule has 2 aliphatic rings. The average molecular weight is 334 g/mol. The number of fused-ring (bicyclic) bond motifs is 1. The van der Waals surface area contributed by atoms with Crippen molar-refractivity contribution >= 4 is 35.0 Å². The second-order valence-electron chi connectivity index (χ2n) is 5.02. The molecular weight excluding hydrogens is 322 g/mol. The molecule has 1 fully saturated rings. The lowest BCUT2D eigenvalue weighted by Crippen LogP contribution is -2.27. The fourth-order valence-corrected chi connectivity index (χ4v) is 4.01. The monoisotopic (exact) mass is 333 g/mol. The van der Waals surface area contributed by atoms with Gasteiger partial charge in [0.1, 0.15) is 5.37 Å². The molecule has 1 atom stereocenters. The van der Waals surface area contributed by atoms with Gasteiger partial charge in [-0.15, -0.1) is 11.8 Å². The maximum Gasteiger partial charge on any atom is 0.238 e. The highest BCUT2D eigenvalue weighted by atomic mass is 35.5. The molecule has 0 saturated carbocycles. The Morgan fingerprint density at radius 2 is 2.00 bits per heavy atom. The van der Waals surface area contributed by atoms with Crippen LogP contribution in [-0.2, 0) is 4.79 Å². The number of thioether (sulfide) groups is 1. The van der Waals surface area contributed by atoms with Crippen molar-refractivity contribution in [2.24, 2.45) is 0 Å². The summed E-state index contributed by atoms with van der Waals surface area (Å²) in [7, 11) is 0. The summed E-state index contributed by atoms with van der Waals surface area (Å²) in [5, 5.41) is 0.592. The molecule has 2 aliphatic heterocycles. The Morgan fingerprint density at radius 3 is 2.86 bits per heavy atom. The minimum Gasteiger partial charge on any atom is -0.454 e. The van der Waals surface area contributed by atoms with Gasteiger partial charge in [0.05, 0.1) is 5.75 Å². The van der Waals surface area contributed by atoms with E-state index in [-0.39, 0.29) is 18.1 Å². The van der Waals surface area contributed by atoms with Gasteiger partial charge in [0.2, 0.25) is 12.7 Å². The molecule has 4 nitrogen and oxygen atoms in total. The predicted octanol–water partition coefficient (Wildman–Crippen LogP) is 3.85. The van der Waals surface area contributed by atoms with E-state index in [2.05, 4.69) is 0 Å². The number of hydrogen-bond acceptors (Lipinski definition) is 4. The fraction of sp³-hybridized carbons (Fsp3) is 0.188. The minimum atomic E-state index is -0.0772. The van der Waals surface area contributed by atoms with Crippen molar-refractivity contribution < 1.29 is 14.3 Å². The van der Waals surface area contributed by atoms with E-state index in [1.54, 1.807) is 16.7 Å². The van der Waals surface area contributed by atoms with Crippen LogP contribution >= 0.6 is 23.4 Å². The molecule has 112 valence electrons. The molecule has 2 aromatic rings. The van der Waals surface area contributed by atoms with E-state index in [9.17, 15) is 4.79 Å². The Bertz CT molecular complexity index is 752. The quantitative estimate of drug-likeness (QED) is 0.837. The highest BCUT2D eigenvalue weighted by Gasteiger charge is 2.34. The van der Waals surface area contributed by atoms with Crippen molar-refractivity contribution in [1.29, 1.82) is 0 Å². The van der Waals surface area contributed by atoms with Crippen molar-refractivity contribution in [3.63, 3.8) is 0 Å². The second-order valence-corrected chi connectivity index (χ2v) is 6.52. The maximum atomic E-state index is 12.3. The number of hydrogen-bond donors (Lipinski definition) is 0. The molecule has 2 aromatic carbocycles. The third-order valence-corrected chi connectivity index (χ3v) is 5.08. The minimum absolute atomic E-state index is 0.0772. The van der Waals surface area contributed by atoms with Crippen LogP contribution in [0.25, 0.3) is 0 Å². The van der Waals surface area contributed by atoms with Crippen molar-refractivity contribution in [2.75, 3.05) is 17.4 Å². The van der Waals surface area contributed by atoms with Gasteiger partial charge in [0.15, 0.2) is 11.5 Å². The van der Waals surface area contributed by atoms with Crippen molar-refractivity contribution in [3.05, 3.63) is 53.1 Å². The van der Waals surface area contributed by atoms with E-state index in [1.807, 2.05) is 42.5 Å². The van der Waals surface area contributed by atoms with Crippen molar-refractivity contribution in [2.45, 2.75) is 5.37 Å². The number of nitrogens with zero attached hydrogens (tertiary/aromatic N) is 1. The first-order valence-corrected chi connectivity index (χ1v) is 8.24. The molecule has 1 amide bonds. The normalized spacial score (nSPS) is 19.8. The molecular formula is C16H12ClNO3S. The molecule has 0 N–H and O–H groups in total. The molecule has 6 heteroatoms. The van der Waals surface area contributed by atoms with Gasteiger partial charge in [0.25, 0.3) is 0 Å². The molecule has 2 heterocycles. The Balaban J connectivity index is 1.73. The molecule has 0 aliphatic carbocycles. The Labute approximate surface area is 137 Å². The maximum absolute atomic E-state index is 12.3. The Morgan fingerprint density at radius 1 is 1.14 bits per heavy atom. The van der Waals surface area contributed by atoms with Crippen LogP contribution in [-0.4, -0.2) is 18.5 Å². The molecule has 0 aromatic heterocycles. The number of ether oxygens (including phenoxy) is 2. The predicted molar refractivity (Wildman–Crippen MR) is 86.7 cm³/mol. The zero-order valence-corrected chi connectivity index (χ0v) is 13.1. The average Bonchev–Trinajstić information content (AvgIpc) is 3.12. The van der Waals surface area contributed by atoms with Crippen molar-refractivity contribution in [3.8, 4) is 11.5 Å². The molecule has 0 bridgehead atoms. The number of amides is 1. The third-order valence-electron chi connectivity index (χ3n) is 3.64. The van der Waals surface area contributed by atoms with Gasteiger partial charge in [-0.1, -0.05) is 23.7 Å². The van der Waals surface area contributed by atoms with Crippen LogP contribution in [0.1, 0.15) is 10.9 Å². The van der Waals surface area contributed by atoms with Gasteiger partial charge in [-0.25, -0.2) is 0 Å². The zero-order valence-electron chi connectivity index (χ0n) is 11.5. The van der Waals surface area contributed by atoms with E-state index >= 15 is 0 Å².